The molecule has 250 valence electrons. The second-order valence-electron chi connectivity index (χ2n) is 9.89. The summed E-state index contributed by atoms with van der Waals surface area (Å²) in [6, 6.07) is 9.46. The predicted octanol–water partition coefficient (Wildman–Crippen LogP) is 9.00. The van der Waals surface area contributed by atoms with Crippen molar-refractivity contribution < 1.29 is 57.1 Å². The summed E-state index contributed by atoms with van der Waals surface area (Å²) in [5.74, 6) is -19.5. The van der Waals surface area contributed by atoms with E-state index in [4.69, 9.17) is 5.26 Å². The van der Waals surface area contributed by atoms with Crippen LogP contribution in [0.1, 0.15) is 44.5 Å². The number of hydrogen-bond acceptors (Lipinski definition) is 5. The van der Waals surface area contributed by atoms with Gasteiger partial charge in [-0.3, -0.25) is 0 Å². The Balaban J connectivity index is 2.32. The highest BCUT2D eigenvalue weighted by molar-refractivity contribution is 6.12. The number of allylic oxidation sites excluding steroid dienone is 6. The Morgan fingerprint density at radius 2 is 0.920 bits per heavy atom. The lowest BCUT2D eigenvalue weighted by atomic mass is 9.95. The molecule has 4 rings (SSSR count). The monoisotopic (exact) mass is 707 g/mol. The van der Waals surface area contributed by atoms with Crippen LogP contribution in [0.5, 0.6) is 0 Å². The zero-order valence-corrected chi connectivity index (χ0v) is 23.9. The van der Waals surface area contributed by atoms with E-state index in [1.165, 1.54) is 6.07 Å². The molecule has 18 heteroatoms. The molecule has 1 fully saturated rings. The number of alkyl halides is 6. The van der Waals surface area contributed by atoms with Gasteiger partial charge >= 0.3 is 12.4 Å². The fourth-order valence-corrected chi connectivity index (χ4v) is 5.02. The maximum atomic E-state index is 15.5. The largest absolute Gasteiger partial charge is 0.422 e. The molecule has 0 aliphatic heterocycles. The van der Waals surface area contributed by atoms with Crippen molar-refractivity contribution in [1.82, 2.24) is 0 Å². The van der Waals surface area contributed by atoms with Gasteiger partial charge in [-0.05, 0) is 19.1 Å². The summed E-state index contributed by atoms with van der Waals surface area (Å²) in [4.78, 5) is 0. The lowest BCUT2D eigenvalue weighted by Gasteiger charge is -2.15. The van der Waals surface area contributed by atoms with Crippen molar-refractivity contribution in [2.75, 3.05) is 0 Å². The van der Waals surface area contributed by atoms with Crippen LogP contribution in [0.15, 0.2) is 34.9 Å². The minimum atomic E-state index is -6.05. The molecule has 0 saturated heterocycles. The molecule has 3 aromatic carbocycles. The van der Waals surface area contributed by atoms with Crippen LogP contribution >= 0.6 is 0 Å². The summed E-state index contributed by atoms with van der Waals surface area (Å²) >= 11 is 0. The Morgan fingerprint density at radius 3 is 1.30 bits per heavy atom. The summed E-state index contributed by atoms with van der Waals surface area (Å²) in [6.45, 7) is 0.320. The van der Waals surface area contributed by atoms with E-state index in [1.807, 2.05) is 0 Å². The normalized spacial score (nSPS) is 15.6. The van der Waals surface area contributed by atoms with Crippen LogP contribution in [0.25, 0.3) is 16.7 Å². The summed E-state index contributed by atoms with van der Waals surface area (Å²) in [6.07, 6.45) is -11.8. The Bertz CT molecular complexity index is 2200. The van der Waals surface area contributed by atoms with Gasteiger partial charge in [0, 0.05) is 27.8 Å². The van der Waals surface area contributed by atoms with E-state index in [2.05, 4.69) is 0 Å². The van der Waals surface area contributed by atoms with E-state index >= 15 is 17.6 Å². The van der Waals surface area contributed by atoms with Gasteiger partial charge in [0.1, 0.15) is 35.2 Å². The Kier molecular flexibility index (Phi) is 9.04. The molecule has 0 heterocycles. The minimum Gasteiger partial charge on any atom is -0.206 e. The van der Waals surface area contributed by atoms with Crippen molar-refractivity contribution in [1.29, 1.82) is 26.3 Å². The lowest BCUT2D eigenvalue weighted by Crippen LogP contribution is -2.17. The zero-order valence-electron chi connectivity index (χ0n) is 23.9. The quantitative estimate of drug-likeness (QED) is 0.153. The molecule has 3 aromatic rings. The fraction of sp³-hybridized carbons (Fsp3) is 0.0938. The molecule has 50 heavy (non-hydrogen) atoms. The molecule has 0 spiro atoms. The van der Waals surface area contributed by atoms with Crippen molar-refractivity contribution >= 4 is 16.7 Å². The molecule has 0 aromatic heterocycles. The molecule has 5 nitrogen and oxygen atoms in total. The van der Waals surface area contributed by atoms with E-state index in [0.29, 0.717) is 6.92 Å². The standard InChI is InChI=1S/C32H6F13N5/c1-10-22(31(40,41)42)28(37)25(34)20(24(10)33)15(8-49)18-17(14(7-48)13-3-2-11(5-46)4-12(13)6-47)19(18)16(9-50)21-26(35)29(38)23(32(43,44)45)30(39)27(21)36/h2-4H,1H3. The molecule has 0 amide bonds. The van der Waals surface area contributed by atoms with Gasteiger partial charge in [-0.1, -0.05) is 6.07 Å². The van der Waals surface area contributed by atoms with E-state index < -0.39 is 125 Å². The fourth-order valence-electron chi connectivity index (χ4n) is 5.02. The highest BCUT2D eigenvalue weighted by Gasteiger charge is 2.48. The number of nitriles is 5. The minimum absolute atomic E-state index is 0.204. The van der Waals surface area contributed by atoms with Gasteiger partial charge in [0.15, 0.2) is 34.9 Å². The van der Waals surface area contributed by atoms with Gasteiger partial charge in [0.2, 0.25) is 0 Å². The van der Waals surface area contributed by atoms with Gasteiger partial charge in [0.05, 0.1) is 51.1 Å². The molecular formula is C32H6F13N5. The lowest BCUT2D eigenvalue weighted by molar-refractivity contribution is -0.143. The summed E-state index contributed by atoms with van der Waals surface area (Å²) in [5.41, 5.74) is -20.1. The first-order chi connectivity index (χ1) is 23.2. The number of hydrogen-bond donors (Lipinski definition) is 0. The van der Waals surface area contributed by atoms with Crippen LogP contribution in [0.4, 0.5) is 57.1 Å². The van der Waals surface area contributed by atoms with Crippen molar-refractivity contribution in [2.45, 2.75) is 19.3 Å². The first kappa shape index (κ1) is 36.3. The van der Waals surface area contributed by atoms with Crippen molar-refractivity contribution in [3.63, 3.8) is 0 Å². The third kappa shape index (κ3) is 5.55. The second-order valence-corrected chi connectivity index (χ2v) is 9.89. The summed E-state index contributed by atoms with van der Waals surface area (Å²) < 4.78 is 185. The molecular weight excluding hydrogens is 701 g/mol. The highest BCUT2D eigenvalue weighted by Crippen LogP contribution is 2.57. The maximum absolute atomic E-state index is 15.5. The molecule has 0 bridgehead atoms. The molecule has 0 radical (unpaired) electrons. The number of halogens is 13. The molecule has 1 saturated carbocycles. The smallest absolute Gasteiger partial charge is 0.206 e. The number of benzene rings is 3. The summed E-state index contributed by atoms with van der Waals surface area (Å²) in [5, 5.41) is 48.6. The van der Waals surface area contributed by atoms with Crippen LogP contribution in [-0.2, 0) is 12.4 Å². The van der Waals surface area contributed by atoms with Crippen LogP contribution in [-0.4, -0.2) is 0 Å². The molecule has 0 N–H and O–H groups in total. The molecule has 1 aliphatic carbocycles. The number of nitrogens with zero attached hydrogens (tertiary/aromatic N) is 5. The SMILES string of the molecule is Cc1c(F)c(C(C#N)=C2C(=C(C#N)c3ccc(C#N)cc3C#N)C2=C(C#N)c2c(F)c(F)c(C(F)(F)F)c(F)c2F)c(F)c(F)c1C(F)(F)F. The number of rotatable bonds is 3. The van der Waals surface area contributed by atoms with E-state index in [9.17, 15) is 60.6 Å². The van der Waals surface area contributed by atoms with Crippen molar-refractivity contribution in [3.8, 4) is 30.3 Å². The van der Waals surface area contributed by atoms with Crippen molar-refractivity contribution in [3.05, 3.63) is 120 Å². The average Bonchev–Trinajstić information content (AvgIpc) is 3.76. The average molecular weight is 707 g/mol. The Labute approximate surface area is 270 Å². The topological polar surface area (TPSA) is 119 Å². The van der Waals surface area contributed by atoms with Gasteiger partial charge in [0.25, 0.3) is 0 Å². The summed E-state index contributed by atoms with van der Waals surface area (Å²) in [7, 11) is 0. The first-order valence-electron chi connectivity index (χ1n) is 12.8. The van der Waals surface area contributed by atoms with E-state index in [-0.39, 0.29) is 5.56 Å². The van der Waals surface area contributed by atoms with Crippen molar-refractivity contribution in [2.24, 2.45) is 0 Å². The van der Waals surface area contributed by atoms with Crippen LogP contribution < -0.4 is 0 Å². The van der Waals surface area contributed by atoms with Gasteiger partial charge in [-0.25, -0.2) is 30.7 Å². The maximum Gasteiger partial charge on any atom is 0.422 e. The van der Waals surface area contributed by atoms with Gasteiger partial charge in [-0.15, -0.1) is 0 Å². The Hall–Kier alpha value is -6.58. The predicted molar refractivity (Wildman–Crippen MR) is 141 cm³/mol. The second kappa shape index (κ2) is 12.5. The first-order valence-corrected chi connectivity index (χ1v) is 12.8. The van der Waals surface area contributed by atoms with Gasteiger partial charge in [-0.2, -0.15) is 52.7 Å². The van der Waals surface area contributed by atoms with Crippen LogP contribution in [0.3, 0.4) is 0 Å². The van der Waals surface area contributed by atoms with Crippen LogP contribution in [0, 0.1) is 104 Å². The van der Waals surface area contributed by atoms with E-state index in [1.54, 1.807) is 12.1 Å². The van der Waals surface area contributed by atoms with Gasteiger partial charge < -0.3 is 0 Å². The molecule has 1 aliphatic rings. The molecule has 0 unspecified atom stereocenters. The highest BCUT2D eigenvalue weighted by atomic mass is 19.4. The van der Waals surface area contributed by atoms with Crippen LogP contribution in [0.2, 0.25) is 0 Å². The third-order valence-corrected chi connectivity index (χ3v) is 7.20. The van der Waals surface area contributed by atoms with E-state index in [0.717, 1.165) is 30.3 Å². The Morgan fingerprint density at radius 1 is 0.520 bits per heavy atom. The third-order valence-electron chi connectivity index (χ3n) is 7.20. The molecule has 0 atom stereocenters. The zero-order chi connectivity index (χ0) is 37.8.